The van der Waals surface area contributed by atoms with Gasteiger partial charge in [-0.15, -0.1) is 10.2 Å². The lowest BCUT2D eigenvalue weighted by molar-refractivity contribution is -0.142. The summed E-state index contributed by atoms with van der Waals surface area (Å²) in [6.07, 6.45) is 1.45. The van der Waals surface area contributed by atoms with Crippen LogP contribution >= 0.6 is 0 Å². The fourth-order valence-corrected chi connectivity index (χ4v) is 2.40. The van der Waals surface area contributed by atoms with Crippen molar-refractivity contribution in [2.75, 3.05) is 20.3 Å². The van der Waals surface area contributed by atoms with Gasteiger partial charge >= 0.3 is 17.9 Å². The van der Waals surface area contributed by atoms with Crippen molar-refractivity contribution in [3.8, 4) is 5.95 Å². The van der Waals surface area contributed by atoms with Gasteiger partial charge in [0.2, 0.25) is 5.82 Å². The van der Waals surface area contributed by atoms with Crippen molar-refractivity contribution in [2.45, 2.75) is 20.3 Å². The fraction of sp³-hybridized carbons (Fsp3) is 0.316. The molecule has 0 atom stereocenters. The predicted octanol–water partition coefficient (Wildman–Crippen LogP) is 0.540. The summed E-state index contributed by atoms with van der Waals surface area (Å²) in [5.41, 5.74) is 0.801. The monoisotopic (exact) mass is 444 g/mol. The summed E-state index contributed by atoms with van der Waals surface area (Å²) < 4.78 is 22.5. The van der Waals surface area contributed by atoms with Crippen LogP contribution in [0.1, 0.15) is 33.6 Å². The fourth-order valence-electron chi connectivity index (χ4n) is 2.40. The van der Waals surface area contributed by atoms with E-state index >= 15 is 0 Å². The normalized spacial score (nSPS) is 10.6. The van der Waals surface area contributed by atoms with Gasteiger partial charge in [0, 0.05) is 6.92 Å². The molecule has 0 N–H and O–H groups in total. The molecule has 13 heteroatoms. The first-order valence-electron chi connectivity index (χ1n) is 9.36. The maximum atomic E-state index is 12.0. The molecular weight excluding hydrogens is 424 g/mol. The van der Waals surface area contributed by atoms with E-state index in [1.165, 1.54) is 29.6 Å². The Morgan fingerprint density at radius 1 is 1.03 bits per heavy atom. The lowest BCUT2D eigenvalue weighted by atomic mass is 10.2. The van der Waals surface area contributed by atoms with E-state index in [2.05, 4.69) is 20.4 Å². The quantitative estimate of drug-likeness (QED) is 0.245. The first kappa shape index (κ1) is 22.6. The average Bonchev–Trinajstić information content (AvgIpc) is 3.44. The molecule has 168 valence electrons. The van der Waals surface area contributed by atoms with Crippen LogP contribution in [-0.4, -0.2) is 68.0 Å². The minimum absolute atomic E-state index is 0.00538. The highest BCUT2D eigenvalue weighted by Gasteiger charge is 2.20. The van der Waals surface area contributed by atoms with Gasteiger partial charge in [-0.05, 0) is 12.1 Å². The van der Waals surface area contributed by atoms with Crippen LogP contribution in [0.15, 0.2) is 36.5 Å². The molecule has 0 aliphatic rings. The summed E-state index contributed by atoms with van der Waals surface area (Å²) >= 11 is 0. The van der Waals surface area contributed by atoms with E-state index in [0.717, 1.165) is 0 Å². The number of benzene rings is 1. The SMILES string of the molecule is COC(=O)c1nc(-n2cc(COC(C)=O)nn2)nn1COCCOC(=O)c1ccccc1. The largest absolute Gasteiger partial charge is 0.463 e. The number of nitrogens with zero attached hydrogens (tertiary/aromatic N) is 6. The number of carbonyl (C=O) groups is 3. The van der Waals surface area contributed by atoms with Crippen LogP contribution in [0.5, 0.6) is 0 Å². The average molecular weight is 444 g/mol. The molecule has 13 nitrogen and oxygen atoms in total. The maximum absolute atomic E-state index is 12.0. The Kier molecular flexibility index (Phi) is 7.59. The standard InChI is InChI=1S/C19H20N6O7/c1-13(26)32-11-15-10-24(23-21-15)19-20-16(18(28)29-2)25(22-19)12-30-8-9-31-17(27)14-6-4-3-5-7-14/h3-7,10H,8-9,11-12H2,1-2H3. The minimum Gasteiger partial charge on any atom is -0.463 e. The number of rotatable bonds is 10. The third-order valence-electron chi connectivity index (χ3n) is 3.88. The van der Waals surface area contributed by atoms with Crippen LogP contribution in [-0.2, 0) is 37.1 Å². The number of hydrogen-bond donors (Lipinski definition) is 0. The van der Waals surface area contributed by atoms with Gasteiger partial charge in [0.1, 0.15) is 25.6 Å². The van der Waals surface area contributed by atoms with Gasteiger partial charge < -0.3 is 18.9 Å². The van der Waals surface area contributed by atoms with Crippen LogP contribution in [0.25, 0.3) is 5.95 Å². The zero-order chi connectivity index (χ0) is 22.9. The molecular formula is C19H20N6O7. The van der Waals surface area contributed by atoms with Gasteiger partial charge in [-0.25, -0.2) is 14.3 Å². The van der Waals surface area contributed by atoms with Crippen molar-refractivity contribution in [1.82, 2.24) is 29.8 Å². The molecule has 0 radical (unpaired) electrons. The van der Waals surface area contributed by atoms with Crippen LogP contribution in [0.2, 0.25) is 0 Å². The van der Waals surface area contributed by atoms with Crippen molar-refractivity contribution in [3.63, 3.8) is 0 Å². The highest BCUT2D eigenvalue weighted by molar-refractivity contribution is 5.89. The first-order chi connectivity index (χ1) is 15.5. The first-order valence-corrected chi connectivity index (χ1v) is 9.36. The molecule has 0 saturated heterocycles. The van der Waals surface area contributed by atoms with Gasteiger partial charge in [-0.1, -0.05) is 23.4 Å². The molecule has 1 aromatic carbocycles. The Bertz CT molecular complexity index is 1080. The van der Waals surface area contributed by atoms with E-state index < -0.39 is 17.9 Å². The second-order valence-electron chi connectivity index (χ2n) is 6.20. The highest BCUT2D eigenvalue weighted by atomic mass is 16.6. The summed E-state index contributed by atoms with van der Waals surface area (Å²) in [5.74, 6) is -1.75. The number of esters is 3. The van der Waals surface area contributed by atoms with Crippen LogP contribution < -0.4 is 0 Å². The molecule has 2 heterocycles. The van der Waals surface area contributed by atoms with Gasteiger partial charge in [0.05, 0.1) is 25.5 Å². The second kappa shape index (κ2) is 10.8. The number of aromatic nitrogens is 6. The third-order valence-corrected chi connectivity index (χ3v) is 3.88. The Morgan fingerprint density at radius 2 is 1.81 bits per heavy atom. The predicted molar refractivity (Wildman–Crippen MR) is 104 cm³/mol. The summed E-state index contributed by atoms with van der Waals surface area (Å²) in [4.78, 5) is 38.9. The highest BCUT2D eigenvalue weighted by Crippen LogP contribution is 2.07. The van der Waals surface area contributed by atoms with E-state index in [0.29, 0.717) is 11.3 Å². The molecule has 0 fully saturated rings. The van der Waals surface area contributed by atoms with Gasteiger partial charge in [0.15, 0.2) is 0 Å². The third kappa shape index (κ3) is 5.95. The Labute approximate surface area is 181 Å². The molecule has 32 heavy (non-hydrogen) atoms. The van der Waals surface area contributed by atoms with Crippen molar-refractivity contribution >= 4 is 17.9 Å². The maximum Gasteiger partial charge on any atom is 0.375 e. The van der Waals surface area contributed by atoms with E-state index in [9.17, 15) is 14.4 Å². The molecule has 0 unspecified atom stereocenters. The molecule has 3 aromatic rings. The van der Waals surface area contributed by atoms with Crippen LogP contribution in [0, 0.1) is 0 Å². The molecule has 2 aromatic heterocycles. The zero-order valence-corrected chi connectivity index (χ0v) is 17.3. The van der Waals surface area contributed by atoms with Crippen LogP contribution in [0.3, 0.4) is 0 Å². The minimum atomic E-state index is -0.733. The van der Waals surface area contributed by atoms with Gasteiger partial charge in [-0.2, -0.15) is 9.67 Å². The molecule has 0 aliphatic heterocycles. The summed E-state index contributed by atoms with van der Waals surface area (Å²) in [7, 11) is 1.21. The number of carbonyl (C=O) groups excluding carboxylic acids is 3. The summed E-state index contributed by atoms with van der Waals surface area (Å²) in [5, 5.41) is 11.9. The zero-order valence-electron chi connectivity index (χ0n) is 17.3. The molecule has 0 spiro atoms. The molecule has 0 aliphatic carbocycles. The van der Waals surface area contributed by atoms with Crippen LogP contribution in [0.4, 0.5) is 0 Å². The Hall–Kier alpha value is -4.13. The molecule has 3 rings (SSSR count). The smallest absolute Gasteiger partial charge is 0.375 e. The Morgan fingerprint density at radius 3 is 2.53 bits per heavy atom. The van der Waals surface area contributed by atoms with Crippen molar-refractivity contribution in [2.24, 2.45) is 0 Å². The topological polar surface area (TPSA) is 150 Å². The second-order valence-corrected chi connectivity index (χ2v) is 6.20. The lowest BCUT2D eigenvalue weighted by Crippen LogP contribution is -2.17. The van der Waals surface area contributed by atoms with E-state index in [-0.39, 0.29) is 38.3 Å². The van der Waals surface area contributed by atoms with E-state index in [4.69, 9.17) is 18.9 Å². The molecule has 0 saturated carbocycles. The van der Waals surface area contributed by atoms with Crippen molar-refractivity contribution < 1.29 is 33.3 Å². The van der Waals surface area contributed by atoms with E-state index in [1.54, 1.807) is 30.3 Å². The number of ether oxygens (including phenoxy) is 4. The van der Waals surface area contributed by atoms with E-state index in [1.807, 2.05) is 0 Å². The molecule has 0 amide bonds. The molecule has 0 bridgehead atoms. The Balaban J connectivity index is 1.58. The lowest BCUT2D eigenvalue weighted by Gasteiger charge is -2.07. The van der Waals surface area contributed by atoms with Crippen molar-refractivity contribution in [1.29, 1.82) is 0 Å². The number of hydrogen-bond acceptors (Lipinski definition) is 11. The van der Waals surface area contributed by atoms with Gasteiger partial charge in [-0.3, -0.25) is 4.79 Å². The summed E-state index contributed by atoms with van der Waals surface area (Å²) in [6.45, 7) is 1.12. The summed E-state index contributed by atoms with van der Waals surface area (Å²) in [6, 6.07) is 8.55. The number of methoxy groups -OCH3 is 1. The van der Waals surface area contributed by atoms with Gasteiger partial charge in [0.25, 0.3) is 5.95 Å². The van der Waals surface area contributed by atoms with Crippen molar-refractivity contribution in [3.05, 3.63) is 53.6 Å².